The molecule has 0 aromatic carbocycles. The Balaban J connectivity index is 2.07. The molecule has 0 radical (unpaired) electrons. The second-order valence-corrected chi connectivity index (χ2v) is 6.52. The van der Waals surface area contributed by atoms with Crippen LogP contribution in [0.3, 0.4) is 0 Å². The molecule has 0 amide bonds. The lowest BCUT2D eigenvalue weighted by molar-refractivity contribution is -0.138. The first-order valence-electron chi connectivity index (χ1n) is 7.94. The second-order valence-electron chi connectivity index (χ2n) is 5.44. The molecule has 0 bridgehead atoms. The standard InChI is InChI=1S/C16H19N3O4S/c1-3-23-16(21)14-18-13(17-8-11(20)22-2)12-9-6-4-5-7-10(9)24-15(12)19-14/h3-8H2,1-2H3,(H,17,18,19). The van der Waals surface area contributed by atoms with Gasteiger partial charge in [0.1, 0.15) is 17.2 Å². The zero-order valence-corrected chi connectivity index (χ0v) is 14.5. The summed E-state index contributed by atoms with van der Waals surface area (Å²) in [5.41, 5.74) is 1.23. The molecule has 0 atom stereocenters. The van der Waals surface area contributed by atoms with Gasteiger partial charge in [-0.3, -0.25) is 4.79 Å². The average molecular weight is 349 g/mol. The van der Waals surface area contributed by atoms with Crippen molar-refractivity contribution in [1.29, 1.82) is 0 Å². The number of carbonyl (C=O) groups excluding carboxylic acids is 2. The lowest BCUT2D eigenvalue weighted by atomic mass is 9.97. The van der Waals surface area contributed by atoms with E-state index in [0.717, 1.165) is 35.9 Å². The van der Waals surface area contributed by atoms with Gasteiger partial charge in [0, 0.05) is 4.88 Å². The maximum Gasteiger partial charge on any atom is 0.376 e. The summed E-state index contributed by atoms with van der Waals surface area (Å²) in [5, 5.41) is 3.89. The van der Waals surface area contributed by atoms with Gasteiger partial charge in [0.15, 0.2) is 0 Å². The minimum Gasteiger partial charge on any atom is -0.468 e. The number of carbonyl (C=O) groups is 2. The van der Waals surface area contributed by atoms with Crippen LogP contribution in [-0.2, 0) is 27.1 Å². The zero-order chi connectivity index (χ0) is 17.1. The van der Waals surface area contributed by atoms with Gasteiger partial charge < -0.3 is 14.8 Å². The number of ether oxygens (including phenoxy) is 2. The van der Waals surface area contributed by atoms with Crippen molar-refractivity contribution in [3.63, 3.8) is 0 Å². The lowest BCUT2D eigenvalue weighted by Gasteiger charge is -2.12. The predicted molar refractivity (Wildman–Crippen MR) is 90.5 cm³/mol. The highest BCUT2D eigenvalue weighted by molar-refractivity contribution is 7.19. The number of esters is 2. The first kappa shape index (κ1) is 16.6. The molecule has 3 rings (SSSR count). The van der Waals surface area contributed by atoms with Gasteiger partial charge in [-0.25, -0.2) is 14.8 Å². The van der Waals surface area contributed by atoms with Gasteiger partial charge >= 0.3 is 11.9 Å². The van der Waals surface area contributed by atoms with Gasteiger partial charge in [-0.15, -0.1) is 11.3 Å². The smallest absolute Gasteiger partial charge is 0.376 e. The van der Waals surface area contributed by atoms with Crippen molar-refractivity contribution in [1.82, 2.24) is 9.97 Å². The largest absolute Gasteiger partial charge is 0.468 e. The summed E-state index contributed by atoms with van der Waals surface area (Å²) < 4.78 is 9.66. The first-order valence-corrected chi connectivity index (χ1v) is 8.75. The van der Waals surface area contributed by atoms with Crippen LogP contribution in [0.25, 0.3) is 10.2 Å². The van der Waals surface area contributed by atoms with E-state index in [1.54, 1.807) is 18.3 Å². The van der Waals surface area contributed by atoms with E-state index in [9.17, 15) is 9.59 Å². The number of thiophene rings is 1. The number of rotatable bonds is 5. The zero-order valence-electron chi connectivity index (χ0n) is 13.7. The molecule has 2 aromatic heterocycles. The number of nitrogens with zero attached hydrogens (tertiary/aromatic N) is 2. The number of hydrogen-bond donors (Lipinski definition) is 1. The molecular weight excluding hydrogens is 330 g/mol. The molecule has 128 valence electrons. The molecule has 0 spiro atoms. The Hall–Kier alpha value is -2.22. The highest BCUT2D eigenvalue weighted by Crippen LogP contribution is 2.38. The minimum absolute atomic E-state index is 0.00955. The Bertz CT molecular complexity index is 787. The van der Waals surface area contributed by atoms with E-state index in [2.05, 4.69) is 20.0 Å². The summed E-state index contributed by atoms with van der Waals surface area (Å²) in [6.45, 7) is 1.97. The van der Waals surface area contributed by atoms with Crippen LogP contribution in [0, 0.1) is 0 Å². The Kier molecular flexibility index (Phi) is 4.94. The topological polar surface area (TPSA) is 90.4 Å². The van der Waals surface area contributed by atoms with Crippen molar-refractivity contribution in [2.75, 3.05) is 25.6 Å². The van der Waals surface area contributed by atoms with Crippen molar-refractivity contribution in [3.8, 4) is 0 Å². The predicted octanol–water partition coefficient (Wildman–Crippen LogP) is 2.33. The Morgan fingerprint density at radius 3 is 2.79 bits per heavy atom. The highest BCUT2D eigenvalue weighted by Gasteiger charge is 2.23. The van der Waals surface area contributed by atoms with Gasteiger partial charge in [0.2, 0.25) is 5.82 Å². The number of anilines is 1. The van der Waals surface area contributed by atoms with E-state index in [1.165, 1.54) is 17.6 Å². The van der Waals surface area contributed by atoms with E-state index in [1.807, 2.05) is 0 Å². The van der Waals surface area contributed by atoms with E-state index >= 15 is 0 Å². The van der Waals surface area contributed by atoms with Gasteiger partial charge in [-0.05, 0) is 38.2 Å². The second kappa shape index (κ2) is 7.12. The van der Waals surface area contributed by atoms with Crippen molar-refractivity contribution < 1.29 is 19.1 Å². The Morgan fingerprint density at radius 1 is 1.25 bits per heavy atom. The van der Waals surface area contributed by atoms with Crippen molar-refractivity contribution >= 4 is 39.3 Å². The normalized spacial score (nSPS) is 13.4. The van der Waals surface area contributed by atoms with Crippen molar-refractivity contribution in [2.24, 2.45) is 0 Å². The molecule has 1 N–H and O–H groups in total. The number of methoxy groups -OCH3 is 1. The summed E-state index contributed by atoms with van der Waals surface area (Å²) in [7, 11) is 1.33. The maximum atomic E-state index is 12.0. The van der Waals surface area contributed by atoms with E-state index in [4.69, 9.17) is 4.74 Å². The third-order valence-electron chi connectivity index (χ3n) is 3.90. The molecule has 0 saturated carbocycles. The fraction of sp³-hybridized carbons (Fsp3) is 0.500. The van der Waals surface area contributed by atoms with Crippen LogP contribution in [0.5, 0.6) is 0 Å². The first-order chi connectivity index (χ1) is 11.6. The number of fused-ring (bicyclic) bond motifs is 3. The Labute approximate surface area is 143 Å². The van der Waals surface area contributed by atoms with E-state index < -0.39 is 11.9 Å². The van der Waals surface area contributed by atoms with Crippen molar-refractivity contribution in [2.45, 2.75) is 32.6 Å². The molecule has 2 heterocycles. The number of hydrogen-bond acceptors (Lipinski definition) is 8. The summed E-state index contributed by atoms with van der Waals surface area (Å²) in [6, 6.07) is 0. The van der Waals surface area contributed by atoms with Crippen LogP contribution in [0.15, 0.2) is 0 Å². The van der Waals surface area contributed by atoms with Crippen LogP contribution >= 0.6 is 11.3 Å². The summed E-state index contributed by atoms with van der Waals surface area (Å²) in [4.78, 5) is 34.2. The molecule has 1 aliphatic rings. The van der Waals surface area contributed by atoms with E-state index in [0.29, 0.717) is 5.82 Å². The molecule has 0 unspecified atom stereocenters. The van der Waals surface area contributed by atoms with Crippen LogP contribution in [0.2, 0.25) is 0 Å². The van der Waals surface area contributed by atoms with Gasteiger partial charge in [0.25, 0.3) is 0 Å². The maximum absolute atomic E-state index is 12.0. The van der Waals surface area contributed by atoms with Crippen molar-refractivity contribution in [3.05, 3.63) is 16.3 Å². The fourth-order valence-corrected chi connectivity index (χ4v) is 4.06. The molecule has 1 aliphatic carbocycles. The molecule has 8 heteroatoms. The Morgan fingerprint density at radius 2 is 2.04 bits per heavy atom. The highest BCUT2D eigenvalue weighted by atomic mass is 32.1. The fourth-order valence-electron chi connectivity index (χ4n) is 2.80. The van der Waals surface area contributed by atoms with Crippen LogP contribution in [-0.4, -0.2) is 42.2 Å². The molecule has 0 saturated heterocycles. The van der Waals surface area contributed by atoms with Gasteiger partial charge in [-0.2, -0.15) is 0 Å². The minimum atomic E-state index is -0.563. The molecule has 0 fully saturated rings. The molecule has 7 nitrogen and oxygen atoms in total. The summed E-state index contributed by atoms with van der Waals surface area (Å²) in [6.07, 6.45) is 4.25. The van der Waals surface area contributed by atoms with Crippen LogP contribution in [0.1, 0.15) is 40.8 Å². The molecule has 24 heavy (non-hydrogen) atoms. The monoisotopic (exact) mass is 349 g/mol. The van der Waals surface area contributed by atoms with Gasteiger partial charge in [-0.1, -0.05) is 0 Å². The lowest BCUT2D eigenvalue weighted by Crippen LogP contribution is -2.18. The van der Waals surface area contributed by atoms with E-state index in [-0.39, 0.29) is 19.0 Å². The number of aryl methyl sites for hydroxylation is 2. The summed E-state index contributed by atoms with van der Waals surface area (Å²) >= 11 is 1.59. The third kappa shape index (κ3) is 3.19. The van der Waals surface area contributed by atoms with Gasteiger partial charge in [0.05, 0.1) is 19.1 Å². The molecule has 0 aliphatic heterocycles. The third-order valence-corrected chi connectivity index (χ3v) is 5.09. The average Bonchev–Trinajstić information content (AvgIpc) is 2.98. The molecular formula is C16H19N3O4S. The quantitative estimate of drug-likeness (QED) is 0.829. The molecule has 2 aromatic rings. The van der Waals surface area contributed by atoms with Crippen LogP contribution < -0.4 is 5.32 Å². The number of nitrogens with one attached hydrogen (secondary N) is 1. The summed E-state index contributed by atoms with van der Waals surface area (Å²) in [5.74, 6) is -0.460. The SMILES string of the molecule is CCOC(=O)c1nc(NCC(=O)OC)c2c3c(sc2n1)CCCC3. The van der Waals surface area contributed by atoms with Crippen LogP contribution in [0.4, 0.5) is 5.82 Å². The number of aromatic nitrogens is 2.